The number of hydrogen-bond donors (Lipinski definition) is 7. The largest absolute Gasteiger partial charge is 0.481 e. The van der Waals surface area contributed by atoms with E-state index >= 15 is 0 Å². The first-order valence-corrected chi connectivity index (χ1v) is 15.7. The van der Waals surface area contributed by atoms with Gasteiger partial charge in [0.2, 0.25) is 23.6 Å². The van der Waals surface area contributed by atoms with Crippen LogP contribution in [-0.2, 0) is 35.2 Å². The highest BCUT2D eigenvalue weighted by molar-refractivity contribution is 5.96. The van der Waals surface area contributed by atoms with Crippen molar-refractivity contribution < 1.29 is 39.0 Å². The van der Waals surface area contributed by atoms with Gasteiger partial charge in [0.05, 0.1) is 6.04 Å². The lowest BCUT2D eigenvalue weighted by Crippen LogP contribution is -2.59. The molecule has 2 aromatic rings. The second-order valence-corrected chi connectivity index (χ2v) is 12.6. The highest BCUT2D eigenvalue weighted by atomic mass is 16.4. The number of nitrogens with zero attached hydrogens (tertiary/aromatic N) is 1. The number of carboxylic acid groups (broad SMARTS) is 2. The molecule has 1 fully saturated rings. The molecule has 0 saturated carbocycles. The lowest BCUT2D eigenvalue weighted by Gasteiger charge is -2.30. The van der Waals surface area contributed by atoms with Gasteiger partial charge in [-0.05, 0) is 49.1 Å². The van der Waals surface area contributed by atoms with Gasteiger partial charge >= 0.3 is 11.9 Å². The number of carbonyl (C=O) groups excluding carboxylic acids is 4. The van der Waals surface area contributed by atoms with E-state index in [-0.39, 0.29) is 38.1 Å². The Labute approximate surface area is 267 Å². The van der Waals surface area contributed by atoms with Crippen molar-refractivity contribution in [3.63, 3.8) is 0 Å². The maximum atomic E-state index is 13.5. The molecule has 0 spiro atoms. The van der Waals surface area contributed by atoms with Gasteiger partial charge in [0, 0.05) is 36.5 Å². The van der Waals surface area contributed by atoms with Gasteiger partial charge in [-0.25, -0.2) is 4.79 Å². The number of fused-ring (bicyclic) bond motifs is 1. The number of rotatable bonds is 16. The number of aromatic amines is 1. The summed E-state index contributed by atoms with van der Waals surface area (Å²) in [6.07, 6.45) is 2.48. The molecule has 4 amide bonds. The van der Waals surface area contributed by atoms with Crippen LogP contribution >= 0.6 is 0 Å². The molecule has 0 unspecified atom stereocenters. The molecule has 1 saturated heterocycles. The van der Waals surface area contributed by atoms with Crippen LogP contribution < -0.4 is 21.7 Å². The monoisotopic (exact) mass is 642 g/mol. The van der Waals surface area contributed by atoms with E-state index in [2.05, 4.69) is 20.9 Å². The van der Waals surface area contributed by atoms with Gasteiger partial charge in [-0.1, -0.05) is 45.9 Å². The van der Waals surface area contributed by atoms with Crippen LogP contribution in [0, 0.1) is 11.8 Å². The molecule has 2 heterocycles. The van der Waals surface area contributed by atoms with Crippen LogP contribution in [-0.4, -0.2) is 92.4 Å². The van der Waals surface area contributed by atoms with Crippen molar-refractivity contribution in [2.75, 3.05) is 6.54 Å². The van der Waals surface area contributed by atoms with E-state index < -0.39 is 71.7 Å². The summed E-state index contributed by atoms with van der Waals surface area (Å²) in [4.78, 5) is 80.8. The van der Waals surface area contributed by atoms with Crippen molar-refractivity contribution in [3.05, 3.63) is 36.0 Å². The van der Waals surface area contributed by atoms with Crippen LogP contribution in [0.25, 0.3) is 10.9 Å². The number of para-hydroxylation sites is 1. The molecule has 0 radical (unpaired) electrons. The summed E-state index contributed by atoms with van der Waals surface area (Å²) in [5.74, 6) is -5.11. The fourth-order valence-corrected chi connectivity index (χ4v) is 5.66. The topological polar surface area (TPSA) is 224 Å². The van der Waals surface area contributed by atoms with Crippen LogP contribution in [0.1, 0.15) is 65.4 Å². The molecule has 14 heteroatoms. The van der Waals surface area contributed by atoms with Crippen molar-refractivity contribution in [1.82, 2.24) is 25.8 Å². The first kappa shape index (κ1) is 36.0. The Kier molecular flexibility index (Phi) is 12.7. The predicted octanol–water partition coefficient (Wildman–Crippen LogP) is 1.13. The number of hydrogen-bond acceptors (Lipinski definition) is 7. The van der Waals surface area contributed by atoms with Crippen molar-refractivity contribution >= 4 is 46.5 Å². The average Bonchev–Trinajstić information content (AvgIpc) is 3.64. The molecular formula is C32H46N6O8. The van der Waals surface area contributed by atoms with Gasteiger partial charge in [0.1, 0.15) is 24.2 Å². The highest BCUT2D eigenvalue weighted by Gasteiger charge is 2.39. The molecule has 1 aliphatic rings. The van der Waals surface area contributed by atoms with Crippen LogP contribution in [0.4, 0.5) is 0 Å². The Balaban J connectivity index is 1.70. The number of aromatic nitrogens is 1. The molecule has 1 aliphatic heterocycles. The number of nitrogens with two attached hydrogens (primary N) is 1. The smallest absolute Gasteiger partial charge is 0.326 e. The molecule has 0 aliphatic carbocycles. The first-order chi connectivity index (χ1) is 21.7. The zero-order valence-electron chi connectivity index (χ0n) is 26.7. The van der Waals surface area contributed by atoms with Gasteiger partial charge in [-0.15, -0.1) is 0 Å². The molecule has 0 bridgehead atoms. The average molecular weight is 643 g/mol. The van der Waals surface area contributed by atoms with E-state index in [9.17, 15) is 33.9 Å². The summed E-state index contributed by atoms with van der Waals surface area (Å²) in [6.45, 7) is 7.45. The number of benzene rings is 1. The number of nitrogens with one attached hydrogen (secondary N) is 4. The molecule has 46 heavy (non-hydrogen) atoms. The summed E-state index contributed by atoms with van der Waals surface area (Å²) in [5, 5.41) is 27.7. The number of likely N-dealkylation sites (tertiary alicyclic amines) is 1. The second-order valence-electron chi connectivity index (χ2n) is 12.6. The number of carboxylic acids is 2. The summed E-state index contributed by atoms with van der Waals surface area (Å²) < 4.78 is 0. The van der Waals surface area contributed by atoms with Crippen LogP contribution in [0.3, 0.4) is 0 Å². The van der Waals surface area contributed by atoms with E-state index in [0.717, 1.165) is 16.5 Å². The van der Waals surface area contributed by atoms with Crippen molar-refractivity contribution in [1.29, 1.82) is 0 Å². The molecule has 1 aromatic heterocycles. The molecule has 1 aromatic carbocycles. The Hall–Kier alpha value is -4.46. The Bertz CT molecular complexity index is 1420. The maximum Gasteiger partial charge on any atom is 0.326 e. The summed E-state index contributed by atoms with van der Waals surface area (Å²) in [6, 6.07) is 2.07. The zero-order chi connectivity index (χ0) is 34.1. The summed E-state index contributed by atoms with van der Waals surface area (Å²) in [7, 11) is 0. The minimum absolute atomic E-state index is 0.0225. The minimum Gasteiger partial charge on any atom is -0.481 e. The zero-order valence-corrected chi connectivity index (χ0v) is 26.7. The number of H-pyrrole nitrogens is 1. The minimum atomic E-state index is -1.26. The number of aliphatic carboxylic acids is 2. The van der Waals surface area contributed by atoms with Crippen molar-refractivity contribution in [2.24, 2.45) is 17.6 Å². The van der Waals surface area contributed by atoms with E-state index in [1.807, 2.05) is 38.1 Å². The third-order valence-electron chi connectivity index (χ3n) is 8.13. The summed E-state index contributed by atoms with van der Waals surface area (Å²) >= 11 is 0. The lowest BCUT2D eigenvalue weighted by molar-refractivity contribution is -0.142. The van der Waals surface area contributed by atoms with E-state index in [4.69, 9.17) is 10.8 Å². The van der Waals surface area contributed by atoms with Gasteiger partial charge in [0.25, 0.3) is 0 Å². The molecule has 5 atom stereocenters. The van der Waals surface area contributed by atoms with Crippen molar-refractivity contribution in [2.45, 2.75) is 96.4 Å². The Morgan fingerprint density at radius 1 is 0.978 bits per heavy atom. The Morgan fingerprint density at radius 3 is 2.28 bits per heavy atom. The fourth-order valence-electron chi connectivity index (χ4n) is 5.66. The molecule has 14 nitrogen and oxygen atoms in total. The van der Waals surface area contributed by atoms with Crippen LogP contribution in [0.5, 0.6) is 0 Å². The quantitative estimate of drug-likeness (QED) is 0.139. The molecule has 8 N–H and O–H groups in total. The van der Waals surface area contributed by atoms with Gasteiger partial charge in [0.15, 0.2) is 0 Å². The van der Waals surface area contributed by atoms with E-state index in [1.165, 1.54) is 4.90 Å². The number of amides is 4. The number of carbonyl (C=O) groups is 6. The van der Waals surface area contributed by atoms with Gasteiger partial charge in [-0.2, -0.15) is 0 Å². The standard InChI is InChI=1S/C32H46N6O8/c1-17(2)14-23(28(41)36-24(32(45)46)15-19-16-34-22-9-6-5-8-20(19)22)35-30(43)27(18(3)4)37-29(42)25-10-7-13-38(25)31(44)21(33)11-12-26(39)40/h5-6,8-9,16-18,21,23-25,27,34H,7,10-15,33H2,1-4H3,(H,35,43)(H,36,41)(H,37,42)(H,39,40)(H,45,46)/t21-,23+,24-,25+,27-/m1/s1. The molecule has 3 rings (SSSR count). The Morgan fingerprint density at radius 2 is 1.65 bits per heavy atom. The van der Waals surface area contributed by atoms with Crippen molar-refractivity contribution in [3.8, 4) is 0 Å². The van der Waals surface area contributed by atoms with Gasteiger partial charge in [-0.3, -0.25) is 24.0 Å². The van der Waals surface area contributed by atoms with Crippen LogP contribution in [0.2, 0.25) is 0 Å². The van der Waals surface area contributed by atoms with Crippen LogP contribution in [0.15, 0.2) is 30.5 Å². The third-order valence-corrected chi connectivity index (χ3v) is 8.13. The maximum absolute atomic E-state index is 13.5. The third kappa shape index (κ3) is 9.52. The molecular weight excluding hydrogens is 596 g/mol. The SMILES string of the molecule is CC(C)C[C@H](NC(=O)[C@H](NC(=O)[C@@H]1CCCN1C(=O)[C@H](N)CCC(=O)O)C(C)C)C(=O)N[C@H](Cc1c[nH]c2ccccc12)C(=O)O. The highest BCUT2D eigenvalue weighted by Crippen LogP contribution is 2.21. The summed E-state index contributed by atoms with van der Waals surface area (Å²) in [5.41, 5.74) is 7.48. The lowest BCUT2D eigenvalue weighted by atomic mass is 9.98. The predicted molar refractivity (Wildman–Crippen MR) is 169 cm³/mol. The molecule has 252 valence electrons. The first-order valence-electron chi connectivity index (χ1n) is 15.7. The normalized spacial score (nSPS) is 17.4. The second kappa shape index (κ2) is 16.2. The fraction of sp³-hybridized carbons (Fsp3) is 0.562. The van der Waals surface area contributed by atoms with E-state index in [0.29, 0.717) is 12.8 Å². The van der Waals surface area contributed by atoms with E-state index in [1.54, 1.807) is 20.0 Å². The van der Waals surface area contributed by atoms with Gasteiger partial charge < -0.3 is 41.8 Å².